The Morgan fingerprint density at radius 3 is 2.73 bits per heavy atom. The summed E-state index contributed by atoms with van der Waals surface area (Å²) in [7, 11) is 0. The molecule has 0 aromatic heterocycles. The highest BCUT2D eigenvalue weighted by Gasteiger charge is 2.33. The smallest absolute Gasteiger partial charge is 0.315 e. The molecule has 0 aromatic carbocycles. The minimum absolute atomic E-state index is 0.289. The first-order chi connectivity index (χ1) is 5.16. The normalized spacial score (nSPS) is 26.0. The molecule has 64 valence electrons. The molecule has 4 nitrogen and oxygen atoms in total. The SMILES string of the molecule is CC(CN)C1CCN1C(N)=O. The summed E-state index contributed by atoms with van der Waals surface area (Å²) in [6.45, 7) is 3.46. The molecule has 0 bridgehead atoms. The number of primary amides is 1. The number of nitrogens with zero attached hydrogens (tertiary/aromatic N) is 1. The number of amides is 2. The third kappa shape index (κ3) is 1.45. The Morgan fingerprint density at radius 1 is 1.82 bits per heavy atom. The lowest BCUT2D eigenvalue weighted by atomic mass is 9.91. The average molecular weight is 157 g/mol. The first-order valence-corrected chi connectivity index (χ1v) is 3.93. The van der Waals surface area contributed by atoms with E-state index in [9.17, 15) is 4.79 Å². The second-order valence-electron chi connectivity index (χ2n) is 3.10. The van der Waals surface area contributed by atoms with Crippen LogP contribution in [0.15, 0.2) is 0 Å². The lowest BCUT2D eigenvalue weighted by molar-refractivity contribution is 0.0892. The lowest BCUT2D eigenvalue weighted by Crippen LogP contribution is -2.57. The van der Waals surface area contributed by atoms with Crippen molar-refractivity contribution in [2.75, 3.05) is 13.1 Å². The Labute approximate surface area is 66.5 Å². The highest BCUT2D eigenvalue weighted by atomic mass is 16.2. The summed E-state index contributed by atoms with van der Waals surface area (Å²) in [6.07, 6.45) is 1.04. The molecule has 1 fully saturated rings. The van der Waals surface area contributed by atoms with Crippen LogP contribution in [0.5, 0.6) is 0 Å². The van der Waals surface area contributed by atoms with Crippen LogP contribution in [0.2, 0.25) is 0 Å². The van der Waals surface area contributed by atoms with Gasteiger partial charge in [0.1, 0.15) is 0 Å². The number of hydrogen-bond donors (Lipinski definition) is 2. The van der Waals surface area contributed by atoms with Crippen molar-refractivity contribution in [2.45, 2.75) is 19.4 Å². The second kappa shape index (κ2) is 3.09. The van der Waals surface area contributed by atoms with Gasteiger partial charge in [-0.25, -0.2) is 4.79 Å². The van der Waals surface area contributed by atoms with Crippen molar-refractivity contribution in [3.05, 3.63) is 0 Å². The van der Waals surface area contributed by atoms with Crippen LogP contribution in [0.4, 0.5) is 4.79 Å². The average Bonchev–Trinajstić information content (AvgIpc) is 1.83. The Kier molecular flexibility index (Phi) is 2.34. The molecule has 1 rings (SSSR count). The molecule has 1 saturated heterocycles. The number of urea groups is 1. The van der Waals surface area contributed by atoms with Crippen LogP contribution >= 0.6 is 0 Å². The van der Waals surface area contributed by atoms with Crippen LogP contribution in [0.25, 0.3) is 0 Å². The van der Waals surface area contributed by atoms with Crippen molar-refractivity contribution in [3.8, 4) is 0 Å². The molecule has 11 heavy (non-hydrogen) atoms. The quantitative estimate of drug-likeness (QED) is 0.579. The largest absolute Gasteiger partial charge is 0.351 e. The fourth-order valence-corrected chi connectivity index (χ4v) is 1.43. The summed E-state index contributed by atoms with van der Waals surface area (Å²) in [5, 5.41) is 0. The van der Waals surface area contributed by atoms with E-state index in [0.717, 1.165) is 13.0 Å². The summed E-state index contributed by atoms with van der Waals surface area (Å²) < 4.78 is 0. The lowest BCUT2D eigenvalue weighted by Gasteiger charge is -2.43. The number of nitrogens with two attached hydrogens (primary N) is 2. The number of carbonyl (C=O) groups excluding carboxylic acids is 1. The molecule has 0 aliphatic carbocycles. The van der Waals surface area contributed by atoms with E-state index in [2.05, 4.69) is 0 Å². The zero-order valence-electron chi connectivity index (χ0n) is 6.79. The van der Waals surface area contributed by atoms with Crippen molar-refractivity contribution in [3.63, 3.8) is 0 Å². The maximum absolute atomic E-state index is 10.7. The van der Waals surface area contributed by atoms with Gasteiger partial charge in [0, 0.05) is 12.6 Å². The molecule has 0 spiro atoms. The monoisotopic (exact) mass is 157 g/mol. The van der Waals surface area contributed by atoms with Gasteiger partial charge in [-0.05, 0) is 18.9 Å². The van der Waals surface area contributed by atoms with Gasteiger partial charge in [-0.3, -0.25) is 0 Å². The van der Waals surface area contributed by atoms with E-state index in [-0.39, 0.29) is 12.1 Å². The summed E-state index contributed by atoms with van der Waals surface area (Å²) >= 11 is 0. The number of carbonyl (C=O) groups is 1. The van der Waals surface area contributed by atoms with Gasteiger partial charge in [0.15, 0.2) is 0 Å². The third-order valence-electron chi connectivity index (χ3n) is 2.38. The maximum Gasteiger partial charge on any atom is 0.315 e. The van der Waals surface area contributed by atoms with Crippen molar-refractivity contribution >= 4 is 6.03 Å². The number of hydrogen-bond acceptors (Lipinski definition) is 2. The first kappa shape index (κ1) is 8.33. The van der Waals surface area contributed by atoms with Gasteiger partial charge in [-0.2, -0.15) is 0 Å². The van der Waals surface area contributed by atoms with Gasteiger partial charge in [0.05, 0.1) is 0 Å². The van der Waals surface area contributed by atoms with Crippen LogP contribution in [0, 0.1) is 5.92 Å². The Bertz CT molecular complexity index is 160. The Morgan fingerprint density at radius 2 is 2.45 bits per heavy atom. The van der Waals surface area contributed by atoms with Crippen molar-refractivity contribution in [1.29, 1.82) is 0 Å². The Balaban J connectivity index is 2.42. The molecule has 2 atom stereocenters. The van der Waals surface area contributed by atoms with E-state index in [0.29, 0.717) is 12.5 Å². The van der Waals surface area contributed by atoms with E-state index in [1.165, 1.54) is 0 Å². The number of rotatable bonds is 2. The minimum atomic E-state index is -0.318. The zero-order chi connectivity index (χ0) is 8.43. The summed E-state index contributed by atoms with van der Waals surface area (Å²) in [4.78, 5) is 12.4. The zero-order valence-corrected chi connectivity index (χ0v) is 6.79. The highest BCUT2D eigenvalue weighted by Crippen LogP contribution is 2.23. The van der Waals surface area contributed by atoms with Crippen LogP contribution in [0.1, 0.15) is 13.3 Å². The van der Waals surface area contributed by atoms with Gasteiger partial charge in [-0.15, -0.1) is 0 Å². The van der Waals surface area contributed by atoms with E-state index in [4.69, 9.17) is 11.5 Å². The maximum atomic E-state index is 10.7. The molecule has 0 saturated carbocycles. The molecule has 1 heterocycles. The van der Waals surface area contributed by atoms with E-state index in [1.807, 2.05) is 6.92 Å². The first-order valence-electron chi connectivity index (χ1n) is 3.93. The molecule has 0 radical (unpaired) electrons. The van der Waals surface area contributed by atoms with E-state index >= 15 is 0 Å². The predicted molar refractivity (Wildman–Crippen MR) is 42.9 cm³/mol. The second-order valence-corrected chi connectivity index (χ2v) is 3.10. The predicted octanol–water partition coefficient (Wildman–Crippen LogP) is -0.266. The van der Waals surface area contributed by atoms with E-state index < -0.39 is 0 Å². The summed E-state index contributed by atoms with van der Waals surface area (Å²) in [5.74, 6) is 0.372. The van der Waals surface area contributed by atoms with Crippen LogP contribution in [-0.2, 0) is 0 Å². The van der Waals surface area contributed by atoms with E-state index in [1.54, 1.807) is 4.90 Å². The van der Waals surface area contributed by atoms with Crippen molar-refractivity contribution in [2.24, 2.45) is 17.4 Å². The summed E-state index contributed by atoms with van der Waals surface area (Å²) in [5.41, 5.74) is 10.6. The Hall–Kier alpha value is -0.770. The van der Waals surface area contributed by atoms with Crippen LogP contribution in [0.3, 0.4) is 0 Å². The van der Waals surface area contributed by atoms with Gasteiger partial charge in [0.2, 0.25) is 0 Å². The van der Waals surface area contributed by atoms with Crippen LogP contribution in [-0.4, -0.2) is 30.1 Å². The fraction of sp³-hybridized carbons (Fsp3) is 0.857. The van der Waals surface area contributed by atoms with Gasteiger partial charge in [-0.1, -0.05) is 6.92 Å². The molecule has 1 aliphatic heterocycles. The standard InChI is InChI=1S/C7H15N3O/c1-5(4-8)6-2-3-10(6)7(9)11/h5-6H,2-4,8H2,1H3,(H2,9,11). The van der Waals surface area contributed by atoms with Gasteiger partial charge in [0.25, 0.3) is 0 Å². The third-order valence-corrected chi connectivity index (χ3v) is 2.38. The molecular weight excluding hydrogens is 142 g/mol. The molecule has 4 N–H and O–H groups in total. The molecule has 2 amide bonds. The minimum Gasteiger partial charge on any atom is -0.351 e. The molecule has 0 aromatic rings. The van der Waals surface area contributed by atoms with Crippen molar-refractivity contribution in [1.82, 2.24) is 4.90 Å². The van der Waals surface area contributed by atoms with Gasteiger partial charge >= 0.3 is 6.03 Å². The number of likely N-dealkylation sites (tertiary alicyclic amines) is 1. The molecule has 2 unspecified atom stereocenters. The van der Waals surface area contributed by atoms with Gasteiger partial charge < -0.3 is 16.4 Å². The topological polar surface area (TPSA) is 72.3 Å². The summed E-state index contributed by atoms with van der Waals surface area (Å²) in [6, 6.07) is -0.0287. The van der Waals surface area contributed by atoms with Crippen molar-refractivity contribution < 1.29 is 4.79 Å². The van der Waals surface area contributed by atoms with Crippen LogP contribution < -0.4 is 11.5 Å². The highest BCUT2D eigenvalue weighted by molar-refractivity contribution is 5.73. The molecular formula is C7H15N3O. The molecule has 1 aliphatic rings. The fourth-order valence-electron chi connectivity index (χ4n) is 1.43. The molecule has 4 heteroatoms.